The normalized spacial score (nSPS) is 19.3. The largest absolute Gasteiger partial charge is 0.507 e. The number of phenols is 1. The van der Waals surface area contributed by atoms with E-state index < -0.39 is 0 Å². The Bertz CT molecular complexity index is 437. The van der Waals surface area contributed by atoms with Gasteiger partial charge in [0.15, 0.2) is 0 Å². The molecule has 3 N–H and O–H groups in total. The molecular formula is C13H18N2O2. The summed E-state index contributed by atoms with van der Waals surface area (Å²) in [6.07, 6.45) is 1.92. The number of hydrogen-bond acceptors (Lipinski definition) is 3. The SMILES string of the molecule is Cc1ccc(NC(=O)[C@@H]2CCCN2)c(C)c1O. The van der Waals surface area contributed by atoms with E-state index in [0.717, 1.165) is 30.5 Å². The van der Waals surface area contributed by atoms with E-state index >= 15 is 0 Å². The van der Waals surface area contributed by atoms with E-state index in [1.54, 1.807) is 13.0 Å². The molecule has 92 valence electrons. The maximum absolute atomic E-state index is 11.9. The van der Waals surface area contributed by atoms with Gasteiger partial charge in [0.1, 0.15) is 5.75 Å². The molecule has 1 aliphatic rings. The second-order valence-corrected chi connectivity index (χ2v) is 4.54. The summed E-state index contributed by atoms with van der Waals surface area (Å²) in [6.45, 7) is 4.54. The first-order valence-electron chi connectivity index (χ1n) is 5.93. The molecular weight excluding hydrogens is 216 g/mol. The Labute approximate surface area is 101 Å². The van der Waals surface area contributed by atoms with Crippen LogP contribution in [0, 0.1) is 13.8 Å². The van der Waals surface area contributed by atoms with Gasteiger partial charge in [0, 0.05) is 11.3 Å². The lowest BCUT2D eigenvalue weighted by Gasteiger charge is -2.14. The van der Waals surface area contributed by atoms with Crippen LogP contribution in [0.4, 0.5) is 5.69 Å². The molecule has 2 rings (SSSR count). The van der Waals surface area contributed by atoms with Crippen molar-refractivity contribution in [2.45, 2.75) is 32.7 Å². The number of carbonyl (C=O) groups excluding carboxylic acids is 1. The lowest BCUT2D eigenvalue weighted by Crippen LogP contribution is -2.35. The van der Waals surface area contributed by atoms with Gasteiger partial charge in [-0.15, -0.1) is 0 Å². The molecule has 1 aromatic carbocycles. The zero-order valence-corrected chi connectivity index (χ0v) is 10.2. The molecule has 1 aliphatic heterocycles. The predicted octanol–water partition coefficient (Wildman–Crippen LogP) is 1.70. The highest BCUT2D eigenvalue weighted by Gasteiger charge is 2.22. The molecule has 4 nitrogen and oxygen atoms in total. The molecule has 17 heavy (non-hydrogen) atoms. The van der Waals surface area contributed by atoms with Gasteiger partial charge in [-0.05, 0) is 44.9 Å². The van der Waals surface area contributed by atoms with Crippen molar-refractivity contribution in [3.05, 3.63) is 23.3 Å². The lowest BCUT2D eigenvalue weighted by atomic mass is 10.1. The van der Waals surface area contributed by atoms with E-state index in [4.69, 9.17) is 0 Å². The minimum Gasteiger partial charge on any atom is -0.507 e. The van der Waals surface area contributed by atoms with Crippen molar-refractivity contribution in [3.63, 3.8) is 0 Å². The highest BCUT2D eigenvalue weighted by molar-refractivity contribution is 5.96. The Morgan fingerprint density at radius 2 is 2.24 bits per heavy atom. The van der Waals surface area contributed by atoms with Gasteiger partial charge in [-0.25, -0.2) is 0 Å². The van der Waals surface area contributed by atoms with Crippen LogP contribution in [0.2, 0.25) is 0 Å². The highest BCUT2D eigenvalue weighted by atomic mass is 16.3. The van der Waals surface area contributed by atoms with Gasteiger partial charge >= 0.3 is 0 Å². The molecule has 4 heteroatoms. The zero-order valence-electron chi connectivity index (χ0n) is 10.2. The first-order valence-corrected chi connectivity index (χ1v) is 5.93. The highest BCUT2D eigenvalue weighted by Crippen LogP contribution is 2.28. The van der Waals surface area contributed by atoms with Crippen LogP contribution in [0.15, 0.2) is 12.1 Å². The molecule has 0 bridgehead atoms. The van der Waals surface area contributed by atoms with Gasteiger partial charge in [0.05, 0.1) is 6.04 Å². The fraction of sp³-hybridized carbons (Fsp3) is 0.462. The summed E-state index contributed by atoms with van der Waals surface area (Å²) < 4.78 is 0. The number of rotatable bonds is 2. The molecule has 0 radical (unpaired) electrons. The van der Waals surface area contributed by atoms with E-state index in [1.165, 1.54) is 0 Å². The van der Waals surface area contributed by atoms with Crippen LogP contribution in [0.5, 0.6) is 5.75 Å². The second kappa shape index (κ2) is 4.75. The number of aryl methyl sites for hydroxylation is 1. The summed E-state index contributed by atoms with van der Waals surface area (Å²) in [5.74, 6) is 0.232. The molecule has 0 aliphatic carbocycles. The minimum atomic E-state index is -0.0992. The summed E-state index contributed by atoms with van der Waals surface area (Å²) in [5, 5.41) is 15.8. The number of phenolic OH excluding ortho intramolecular Hbond substituents is 1. The molecule has 1 heterocycles. The molecule has 0 spiro atoms. The molecule has 0 unspecified atom stereocenters. The van der Waals surface area contributed by atoms with Crippen LogP contribution in [-0.4, -0.2) is 23.6 Å². The molecule has 1 saturated heterocycles. The number of carbonyl (C=O) groups is 1. The average Bonchev–Trinajstić information content (AvgIpc) is 2.83. The van der Waals surface area contributed by atoms with Crippen molar-refractivity contribution in [2.24, 2.45) is 0 Å². The third kappa shape index (κ3) is 2.42. The molecule has 1 aromatic rings. The Kier molecular flexibility index (Phi) is 3.33. The van der Waals surface area contributed by atoms with Crippen LogP contribution in [0.1, 0.15) is 24.0 Å². The minimum absolute atomic E-state index is 0.0196. The third-order valence-electron chi connectivity index (χ3n) is 3.27. The number of nitrogens with one attached hydrogen (secondary N) is 2. The maximum Gasteiger partial charge on any atom is 0.241 e. The van der Waals surface area contributed by atoms with Crippen LogP contribution in [0.3, 0.4) is 0 Å². The standard InChI is InChI=1S/C13H18N2O2/c1-8-5-6-10(9(2)12(8)16)15-13(17)11-4-3-7-14-11/h5-6,11,14,16H,3-4,7H2,1-2H3,(H,15,17)/t11-/m0/s1. The van der Waals surface area contributed by atoms with E-state index in [-0.39, 0.29) is 17.7 Å². The van der Waals surface area contributed by atoms with Gasteiger partial charge in [-0.3, -0.25) is 4.79 Å². The summed E-state index contributed by atoms with van der Waals surface area (Å²) in [5.41, 5.74) is 2.22. The van der Waals surface area contributed by atoms with Crippen LogP contribution in [0.25, 0.3) is 0 Å². The first-order chi connectivity index (χ1) is 8.09. The van der Waals surface area contributed by atoms with E-state index in [0.29, 0.717) is 5.69 Å². The Morgan fingerprint density at radius 3 is 2.88 bits per heavy atom. The Morgan fingerprint density at radius 1 is 1.47 bits per heavy atom. The van der Waals surface area contributed by atoms with Gasteiger partial charge in [0.2, 0.25) is 5.91 Å². The summed E-state index contributed by atoms with van der Waals surface area (Å²) in [4.78, 5) is 11.9. The zero-order chi connectivity index (χ0) is 12.4. The molecule has 0 aromatic heterocycles. The van der Waals surface area contributed by atoms with Gasteiger partial charge < -0.3 is 15.7 Å². The van der Waals surface area contributed by atoms with Crippen LogP contribution in [-0.2, 0) is 4.79 Å². The maximum atomic E-state index is 11.9. The smallest absolute Gasteiger partial charge is 0.241 e. The molecule has 1 amide bonds. The van der Waals surface area contributed by atoms with Crippen molar-refractivity contribution < 1.29 is 9.90 Å². The number of anilines is 1. The quantitative estimate of drug-likeness (QED) is 0.730. The average molecular weight is 234 g/mol. The Balaban J connectivity index is 2.13. The van der Waals surface area contributed by atoms with E-state index in [1.807, 2.05) is 13.0 Å². The monoisotopic (exact) mass is 234 g/mol. The fourth-order valence-electron chi connectivity index (χ4n) is 2.10. The molecule has 0 saturated carbocycles. The van der Waals surface area contributed by atoms with Crippen LogP contribution < -0.4 is 10.6 Å². The predicted molar refractivity (Wildman–Crippen MR) is 67.2 cm³/mol. The summed E-state index contributed by atoms with van der Waals surface area (Å²) in [6, 6.07) is 3.54. The fourth-order valence-corrected chi connectivity index (χ4v) is 2.10. The number of hydrogen-bond donors (Lipinski definition) is 3. The van der Waals surface area contributed by atoms with Crippen molar-refractivity contribution in [3.8, 4) is 5.75 Å². The van der Waals surface area contributed by atoms with E-state index in [2.05, 4.69) is 10.6 Å². The second-order valence-electron chi connectivity index (χ2n) is 4.54. The lowest BCUT2D eigenvalue weighted by molar-refractivity contribution is -0.117. The van der Waals surface area contributed by atoms with Crippen molar-refractivity contribution in [2.75, 3.05) is 11.9 Å². The van der Waals surface area contributed by atoms with Crippen molar-refractivity contribution in [1.29, 1.82) is 0 Å². The number of amides is 1. The number of aromatic hydroxyl groups is 1. The molecule has 1 atom stereocenters. The van der Waals surface area contributed by atoms with Crippen LogP contribution >= 0.6 is 0 Å². The third-order valence-corrected chi connectivity index (χ3v) is 3.27. The number of benzene rings is 1. The van der Waals surface area contributed by atoms with Crippen molar-refractivity contribution >= 4 is 11.6 Å². The topological polar surface area (TPSA) is 61.4 Å². The van der Waals surface area contributed by atoms with E-state index in [9.17, 15) is 9.90 Å². The summed E-state index contributed by atoms with van der Waals surface area (Å²) >= 11 is 0. The van der Waals surface area contributed by atoms with Gasteiger partial charge in [-0.2, -0.15) is 0 Å². The van der Waals surface area contributed by atoms with Gasteiger partial charge in [-0.1, -0.05) is 6.07 Å². The van der Waals surface area contributed by atoms with Gasteiger partial charge in [0.25, 0.3) is 0 Å². The Hall–Kier alpha value is -1.55. The molecule has 1 fully saturated rings. The summed E-state index contributed by atoms with van der Waals surface area (Å²) in [7, 11) is 0. The van der Waals surface area contributed by atoms with Crippen molar-refractivity contribution in [1.82, 2.24) is 5.32 Å². The first kappa shape index (κ1) is 11.9.